The van der Waals surface area contributed by atoms with Crippen molar-refractivity contribution in [3.63, 3.8) is 0 Å². The Kier molecular flexibility index (Phi) is 3.57. The molecule has 3 amide bonds. The van der Waals surface area contributed by atoms with E-state index >= 15 is 0 Å². The summed E-state index contributed by atoms with van der Waals surface area (Å²) in [5.74, 6) is -0.637. The molecule has 1 spiro atoms. The molecule has 2 atom stereocenters. The predicted molar refractivity (Wildman–Crippen MR) is 94.9 cm³/mol. The molecule has 26 heavy (non-hydrogen) atoms. The number of amides is 3. The number of nitrogens with zero attached hydrogens (tertiary/aromatic N) is 1. The molecule has 0 aromatic heterocycles. The van der Waals surface area contributed by atoms with Gasteiger partial charge in [-0.15, -0.1) is 0 Å². The number of rotatable bonds is 1. The Morgan fingerprint density at radius 2 is 1.85 bits per heavy atom. The first kappa shape index (κ1) is 16.3. The molecule has 2 unspecified atom stereocenters. The smallest absolute Gasteiger partial charge is 0.418 e. The van der Waals surface area contributed by atoms with Crippen molar-refractivity contribution in [2.24, 2.45) is 0 Å². The quantitative estimate of drug-likeness (QED) is 0.828. The first-order valence-electron chi connectivity index (χ1n) is 8.48. The van der Waals surface area contributed by atoms with E-state index in [4.69, 9.17) is 0 Å². The highest BCUT2D eigenvalue weighted by atomic mass is 16.4. The van der Waals surface area contributed by atoms with Crippen LogP contribution in [0, 0.1) is 6.92 Å². The molecular weight excluding hydrogens is 332 g/mol. The average Bonchev–Trinajstić information content (AvgIpc) is 2.87. The number of fused-ring (bicyclic) bond motifs is 2. The number of anilines is 1. The largest absolute Gasteiger partial charge is 0.464 e. The van der Waals surface area contributed by atoms with E-state index in [1.165, 1.54) is 0 Å². The summed E-state index contributed by atoms with van der Waals surface area (Å²) < 4.78 is 0. The lowest BCUT2D eigenvalue weighted by molar-refractivity contribution is -0.130. The standard InChI is InChI=1S/C20H18N2O4/c1-12-6-2-3-7-13(12)17-20(11-10-16(23)21-17)14-8-4-5-9-15(14)22(18(20)24)19(25)26/h2-9,17H,10-11H2,1H3,(H,21,23)(H,25,26). The molecule has 1 fully saturated rings. The highest BCUT2D eigenvalue weighted by Gasteiger charge is 2.59. The van der Waals surface area contributed by atoms with Gasteiger partial charge in [0.25, 0.3) is 0 Å². The SMILES string of the molecule is Cc1ccccc1C1NC(=O)CCC12C(=O)N(C(=O)O)c1ccccc12. The van der Waals surface area contributed by atoms with Crippen LogP contribution < -0.4 is 10.2 Å². The van der Waals surface area contributed by atoms with Crippen molar-refractivity contribution in [1.82, 2.24) is 5.32 Å². The lowest BCUT2D eigenvalue weighted by Crippen LogP contribution is -2.55. The van der Waals surface area contributed by atoms with Crippen molar-refractivity contribution in [3.05, 3.63) is 65.2 Å². The molecule has 0 radical (unpaired) electrons. The van der Waals surface area contributed by atoms with Gasteiger partial charge in [-0.2, -0.15) is 0 Å². The van der Waals surface area contributed by atoms with E-state index in [-0.39, 0.29) is 18.7 Å². The fourth-order valence-corrected chi connectivity index (χ4v) is 4.25. The van der Waals surface area contributed by atoms with E-state index in [0.717, 1.165) is 16.0 Å². The number of aryl methyl sites for hydroxylation is 1. The first-order chi connectivity index (χ1) is 12.5. The molecule has 2 aliphatic heterocycles. The number of piperidine rings is 1. The molecule has 6 nitrogen and oxygen atoms in total. The fourth-order valence-electron chi connectivity index (χ4n) is 4.25. The number of hydrogen-bond donors (Lipinski definition) is 2. The van der Waals surface area contributed by atoms with Gasteiger partial charge in [-0.1, -0.05) is 42.5 Å². The van der Waals surface area contributed by atoms with Gasteiger partial charge in [0.1, 0.15) is 5.41 Å². The van der Waals surface area contributed by atoms with Crippen LogP contribution in [0.25, 0.3) is 0 Å². The maximum absolute atomic E-state index is 13.4. The molecule has 2 aromatic rings. The molecule has 1 saturated heterocycles. The number of nitrogens with one attached hydrogen (secondary N) is 1. The maximum atomic E-state index is 13.4. The lowest BCUT2D eigenvalue weighted by atomic mass is 9.67. The first-order valence-corrected chi connectivity index (χ1v) is 8.48. The number of carboxylic acid groups (broad SMARTS) is 1. The van der Waals surface area contributed by atoms with Crippen molar-refractivity contribution in [2.75, 3.05) is 4.90 Å². The van der Waals surface area contributed by atoms with Gasteiger partial charge in [-0.25, -0.2) is 9.69 Å². The molecule has 2 aromatic carbocycles. The molecular formula is C20H18N2O4. The van der Waals surface area contributed by atoms with Crippen molar-refractivity contribution < 1.29 is 19.5 Å². The van der Waals surface area contributed by atoms with Gasteiger partial charge in [0.05, 0.1) is 11.7 Å². The summed E-state index contributed by atoms with van der Waals surface area (Å²) in [4.78, 5) is 38.2. The van der Waals surface area contributed by atoms with Crippen LogP contribution >= 0.6 is 0 Å². The molecule has 4 rings (SSSR count). The third-order valence-corrected chi connectivity index (χ3v) is 5.45. The Hall–Kier alpha value is -3.15. The Labute approximate surface area is 150 Å². The number of hydrogen-bond acceptors (Lipinski definition) is 3. The van der Waals surface area contributed by atoms with Gasteiger partial charge in [-0.05, 0) is 36.1 Å². The third-order valence-electron chi connectivity index (χ3n) is 5.45. The Morgan fingerprint density at radius 1 is 1.15 bits per heavy atom. The fraction of sp³-hybridized carbons (Fsp3) is 0.250. The molecule has 132 valence electrons. The molecule has 0 aliphatic carbocycles. The van der Waals surface area contributed by atoms with E-state index in [2.05, 4.69) is 5.32 Å². The Balaban J connectivity index is 1.98. The van der Waals surface area contributed by atoms with Crippen LogP contribution in [0.1, 0.15) is 35.6 Å². The van der Waals surface area contributed by atoms with E-state index in [0.29, 0.717) is 11.3 Å². The monoisotopic (exact) mass is 350 g/mol. The highest BCUT2D eigenvalue weighted by Crippen LogP contribution is 2.53. The molecule has 6 heteroatoms. The number of imide groups is 1. The average molecular weight is 350 g/mol. The van der Waals surface area contributed by atoms with Gasteiger partial charge >= 0.3 is 6.09 Å². The van der Waals surface area contributed by atoms with Crippen molar-refractivity contribution >= 4 is 23.6 Å². The maximum Gasteiger partial charge on any atom is 0.418 e. The van der Waals surface area contributed by atoms with E-state index in [1.54, 1.807) is 24.3 Å². The van der Waals surface area contributed by atoms with Crippen LogP contribution in [0.3, 0.4) is 0 Å². The van der Waals surface area contributed by atoms with Gasteiger partial charge in [0, 0.05) is 6.42 Å². The Morgan fingerprint density at radius 3 is 2.58 bits per heavy atom. The zero-order valence-corrected chi connectivity index (χ0v) is 14.2. The summed E-state index contributed by atoms with van der Waals surface area (Å²) in [7, 11) is 0. The summed E-state index contributed by atoms with van der Waals surface area (Å²) in [6.45, 7) is 1.92. The number of para-hydroxylation sites is 1. The van der Waals surface area contributed by atoms with Gasteiger partial charge in [0.2, 0.25) is 11.8 Å². The number of carbonyl (C=O) groups excluding carboxylic acids is 2. The van der Waals surface area contributed by atoms with Crippen molar-refractivity contribution in [2.45, 2.75) is 31.2 Å². The minimum Gasteiger partial charge on any atom is -0.464 e. The third kappa shape index (κ3) is 2.08. The topological polar surface area (TPSA) is 86.7 Å². The molecule has 2 N–H and O–H groups in total. The summed E-state index contributed by atoms with van der Waals surface area (Å²) in [6, 6.07) is 13.9. The van der Waals surface area contributed by atoms with Crippen LogP contribution in [0.5, 0.6) is 0 Å². The van der Waals surface area contributed by atoms with Crippen LogP contribution in [0.15, 0.2) is 48.5 Å². The zero-order chi connectivity index (χ0) is 18.5. The zero-order valence-electron chi connectivity index (χ0n) is 14.2. The van der Waals surface area contributed by atoms with Gasteiger partial charge < -0.3 is 10.4 Å². The summed E-state index contributed by atoms with van der Waals surface area (Å²) >= 11 is 0. The number of carbonyl (C=O) groups is 3. The molecule has 0 saturated carbocycles. The Bertz CT molecular complexity index is 939. The summed E-state index contributed by atoms with van der Waals surface area (Å²) in [6.07, 6.45) is -0.854. The van der Waals surface area contributed by atoms with Crippen LogP contribution in [-0.4, -0.2) is 23.0 Å². The minimum absolute atomic E-state index is 0.136. The molecule has 2 heterocycles. The summed E-state index contributed by atoms with van der Waals surface area (Å²) in [5, 5.41) is 12.6. The van der Waals surface area contributed by atoms with E-state index in [9.17, 15) is 19.5 Å². The second kappa shape index (κ2) is 5.69. The van der Waals surface area contributed by atoms with Crippen LogP contribution in [0.4, 0.5) is 10.5 Å². The van der Waals surface area contributed by atoms with Crippen LogP contribution in [-0.2, 0) is 15.0 Å². The molecule has 0 bridgehead atoms. The second-order valence-corrected chi connectivity index (χ2v) is 6.77. The van der Waals surface area contributed by atoms with Crippen molar-refractivity contribution in [1.29, 1.82) is 0 Å². The van der Waals surface area contributed by atoms with E-state index in [1.807, 2.05) is 31.2 Å². The lowest BCUT2D eigenvalue weighted by Gasteiger charge is -2.41. The predicted octanol–water partition coefficient (Wildman–Crippen LogP) is 2.91. The minimum atomic E-state index is -1.31. The summed E-state index contributed by atoms with van der Waals surface area (Å²) in [5.41, 5.74) is 1.68. The van der Waals surface area contributed by atoms with Crippen molar-refractivity contribution in [3.8, 4) is 0 Å². The normalized spacial score (nSPS) is 24.5. The van der Waals surface area contributed by atoms with Gasteiger partial charge in [0.15, 0.2) is 0 Å². The second-order valence-electron chi connectivity index (χ2n) is 6.77. The number of benzene rings is 2. The van der Waals surface area contributed by atoms with Gasteiger partial charge in [-0.3, -0.25) is 9.59 Å². The van der Waals surface area contributed by atoms with Crippen LogP contribution in [0.2, 0.25) is 0 Å². The highest BCUT2D eigenvalue weighted by molar-refractivity contribution is 6.21. The van der Waals surface area contributed by atoms with E-state index < -0.39 is 23.5 Å². The molecule has 2 aliphatic rings.